The molecular formula is C19H27N5O3. The molecule has 2 aromatic rings. The van der Waals surface area contributed by atoms with E-state index in [1.807, 2.05) is 17.7 Å². The molecule has 2 aliphatic heterocycles. The molecule has 0 aliphatic carbocycles. The van der Waals surface area contributed by atoms with Crippen LogP contribution in [0.5, 0.6) is 11.8 Å². The monoisotopic (exact) mass is 373 g/mol. The Morgan fingerprint density at radius 2 is 2.30 bits per heavy atom. The predicted molar refractivity (Wildman–Crippen MR) is 102 cm³/mol. The lowest BCUT2D eigenvalue weighted by molar-refractivity contribution is 0.157. The molecule has 1 saturated heterocycles. The maximum atomic E-state index is 6.16. The van der Waals surface area contributed by atoms with E-state index in [-0.39, 0.29) is 0 Å². The molecule has 0 amide bonds. The molecule has 4 rings (SSSR count). The number of rotatable bonds is 5. The van der Waals surface area contributed by atoms with Gasteiger partial charge < -0.3 is 24.8 Å². The lowest BCUT2D eigenvalue weighted by Crippen LogP contribution is -2.33. The number of aryl methyl sites for hydroxylation is 1. The molecule has 2 N–H and O–H groups in total. The van der Waals surface area contributed by atoms with E-state index >= 15 is 0 Å². The summed E-state index contributed by atoms with van der Waals surface area (Å²) < 4.78 is 18.9. The van der Waals surface area contributed by atoms with Crippen molar-refractivity contribution in [2.24, 2.45) is 5.92 Å². The van der Waals surface area contributed by atoms with Crippen LogP contribution in [0.2, 0.25) is 0 Å². The third-order valence-electron chi connectivity index (χ3n) is 5.09. The summed E-state index contributed by atoms with van der Waals surface area (Å²) in [5.74, 6) is 2.74. The topological polar surface area (TPSA) is 82.5 Å². The van der Waals surface area contributed by atoms with E-state index in [0.717, 1.165) is 42.1 Å². The zero-order valence-electron chi connectivity index (χ0n) is 16.0. The van der Waals surface area contributed by atoms with Gasteiger partial charge in [-0.2, -0.15) is 0 Å². The van der Waals surface area contributed by atoms with E-state index in [1.54, 1.807) is 13.3 Å². The van der Waals surface area contributed by atoms with Crippen LogP contribution in [0.15, 0.2) is 12.3 Å². The summed E-state index contributed by atoms with van der Waals surface area (Å²) in [6.07, 6.45) is 4.93. The van der Waals surface area contributed by atoms with Crippen LogP contribution in [0.3, 0.4) is 0 Å². The van der Waals surface area contributed by atoms with Crippen LogP contribution >= 0.6 is 0 Å². The molecule has 2 aliphatic rings. The Bertz CT molecular complexity index is 786. The summed E-state index contributed by atoms with van der Waals surface area (Å²) in [6.45, 7) is 5.86. The fourth-order valence-corrected chi connectivity index (χ4v) is 3.65. The molecule has 0 bridgehead atoms. The van der Waals surface area contributed by atoms with E-state index in [1.165, 1.54) is 12.8 Å². The van der Waals surface area contributed by atoms with Gasteiger partial charge in [-0.15, -0.1) is 5.10 Å². The number of ether oxygens (including phenoxy) is 3. The number of pyridine rings is 1. The van der Waals surface area contributed by atoms with Crippen molar-refractivity contribution in [1.29, 1.82) is 0 Å². The smallest absolute Gasteiger partial charge is 0.238 e. The van der Waals surface area contributed by atoms with E-state index in [2.05, 4.69) is 15.6 Å². The van der Waals surface area contributed by atoms with Crippen LogP contribution in [-0.2, 0) is 11.2 Å². The lowest BCUT2D eigenvalue weighted by Gasteiger charge is -2.22. The van der Waals surface area contributed by atoms with Crippen LogP contribution in [-0.4, -0.2) is 54.9 Å². The number of hydrogen-bond donors (Lipinski definition) is 2. The highest BCUT2D eigenvalue weighted by atomic mass is 16.5. The summed E-state index contributed by atoms with van der Waals surface area (Å²) in [5, 5.41) is 11.5. The molecule has 8 heteroatoms. The maximum Gasteiger partial charge on any atom is 0.238 e. The summed E-state index contributed by atoms with van der Waals surface area (Å²) in [7, 11) is 1.62. The Labute approximate surface area is 159 Å². The number of nitrogens with one attached hydrogen (secondary N) is 2. The zero-order chi connectivity index (χ0) is 18.6. The lowest BCUT2D eigenvalue weighted by atomic mass is 10.0. The van der Waals surface area contributed by atoms with Gasteiger partial charge in [0.1, 0.15) is 12.5 Å². The van der Waals surface area contributed by atoms with Crippen LogP contribution < -0.4 is 20.1 Å². The molecule has 0 saturated carbocycles. The van der Waals surface area contributed by atoms with Crippen LogP contribution in [0.4, 0.5) is 5.82 Å². The maximum absolute atomic E-state index is 6.16. The number of methoxy groups -OCH3 is 1. The molecule has 146 valence electrons. The fourth-order valence-electron chi connectivity index (χ4n) is 3.65. The van der Waals surface area contributed by atoms with Crippen molar-refractivity contribution in [3.05, 3.63) is 23.4 Å². The minimum Gasteiger partial charge on any atom is -0.481 e. The zero-order valence-corrected chi connectivity index (χ0v) is 16.0. The van der Waals surface area contributed by atoms with Gasteiger partial charge in [0.2, 0.25) is 11.8 Å². The molecular weight excluding hydrogens is 346 g/mol. The van der Waals surface area contributed by atoms with Gasteiger partial charge in [0.25, 0.3) is 0 Å². The summed E-state index contributed by atoms with van der Waals surface area (Å²) in [6, 6.07) is 2.02. The average Bonchev–Trinajstić information content (AvgIpc) is 2.87. The Morgan fingerprint density at radius 3 is 3.07 bits per heavy atom. The summed E-state index contributed by atoms with van der Waals surface area (Å²) in [5.41, 5.74) is 2.89. The molecule has 2 aromatic heterocycles. The predicted octanol–water partition coefficient (Wildman–Crippen LogP) is 1.90. The van der Waals surface area contributed by atoms with Crippen LogP contribution in [0.1, 0.15) is 24.0 Å². The van der Waals surface area contributed by atoms with Crippen molar-refractivity contribution in [2.45, 2.75) is 26.2 Å². The number of piperidine rings is 1. The SMILES string of the molecule is COc1ncc(-n2nc(OC[C@H]3CCCNC3)c3c2NCOCC3)cc1C. The van der Waals surface area contributed by atoms with Crippen molar-refractivity contribution >= 4 is 5.82 Å². The van der Waals surface area contributed by atoms with Crippen molar-refractivity contribution in [3.63, 3.8) is 0 Å². The highest BCUT2D eigenvalue weighted by molar-refractivity contribution is 5.56. The summed E-state index contributed by atoms with van der Waals surface area (Å²) in [4.78, 5) is 4.38. The van der Waals surface area contributed by atoms with Gasteiger partial charge in [0.15, 0.2) is 0 Å². The second-order valence-electron chi connectivity index (χ2n) is 7.07. The number of fused-ring (bicyclic) bond motifs is 1. The van der Waals surface area contributed by atoms with Gasteiger partial charge in [-0.05, 0) is 32.4 Å². The standard InChI is InChI=1S/C19H27N5O3/c1-13-8-15(10-21-18(13)25-2)24-17-16(5-7-26-12-22-17)19(23-24)27-11-14-4-3-6-20-9-14/h8,10,14,20,22H,3-7,9,11-12H2,1-2H3/t14-/m0/s1. The molecule has 4 heterocycles. The van der Waals surface area contributed by atoms with E-state index < -0.39 is 0 Å². The average molecular weight is 373 g/mol. The Morgan fingerprint density at radius 1 is 1.37 bits per heavy atom. The Hall–Kier alpha value is -2.32. The first-order valence-corrected chi connectivity index (χ1v) is 9.54. The third kappa shape index (κ3) is 3.86. The van der Waals surface area contributed by atoms with E-state index in [9.17, 15) is 0 Å². The first-order valence-electron chi connectivity index (χ1n) is 9.54. The van der Waals surface area contributed by atoms with Crippen molar-refractivity contribution < 1.29 is 14.2 Å². The molecule has 0 aromatic carbocycles. The van der Waals surface area contributed by atoms with Crippen molar-refractivity contribution in [2.75, 3.05) is 45.5 Å². The van der Waals surface area contributed by atoms with Gasteiger partial charge in [-0.25, -0.2) is 9.67 Å². The minimum absolute atomic E-state index is 0.452. The first kappa shape index (κ1) is 18.1. The van der Waals surface area contributed by atoms with Gasteiger partial charge in [-0.3, -0.25) is 0 Å². The Balaban J connectivity index is 1.63. The number of nitrogens with zero attached hydrogens (tertiary/aromatic N) is 3. The van der Waals surface area contributed by atoms with Gasteiger partial charge in [-0.1, -0.05) is 0 Å². The largest absolute Gasteiger partial charge is 0.481 e. The molecule has 1 fully saturated rings. The Kier molecular flexibility index (Phi) is 5.45. The second-order valence-corrected chi connectivity index (χ2v) is 7.07. The van der Waals surface area contributed by atoms with Crippen molar-refractivity contribution in [1.82, 2.24) is 20.1 Å². The molecule has 0 radical (unpaired) electrons. The number of anilines is 1. The highest BCUT2D eigenvalue weighted by Crippen LogP contribution is 2.32. The number of aromatic nitrogens is 3. The van der Waals surface area contributed by atoms with Crippen molar-refractivity contribution in [3.8, 4) is 17.4 Å². The third-order valence-corrected chi connectivity index (χ3v) is 5.09. The minimum atomic E-state index is 0.452. The molecule has 8 nitrogen and oxygen atoms in total. The highest BCUT2D eigenvalue weighted by Gasteiger charge is 2.24. The van der Waals surface area contributed by atoms with Gasteiger partial charge in [0.05, 0.1) is 37.8 Å². The molecule has 1 atom stereocenters. The molecule has 0 unspecified atom stereocenters. The van der Waals surface area contributed by atoms with E-state index in [4.69, 9.17) is 19.3 Å². The second kappa shape index (κ2) is 8.14. The molecule has 0 spiro atoms. The van der Waals surface area contributed by atoms with Crippen LogP contribution in [0.25, 0.3) is 5.69 Å². The van der Waals surface area contributed by atoms with Crippen LogP contribution in [0, 0.1) is 12.8 Å². The normalized spacial score (nSPS) is 19.7. The van der Waals surface area contributed by atoms with E-state index in [0.29, 0.717) is 37.6 Å². The van der Waals surface area contributed by atoms with Gasteiger partial charge in [0, 0.05) is 24.4 Å². The number of hydrogen-bond acceptors (Lipinski definition) is 7. The summed E-state index contributed by atoms with van der Waals surface area (Å²) >= 11 is 0. The quantitative estimate of drug-likeness (QED) is 0.828. The fraction of sp³-hybridized carbons (Fsp3) is 0.579. The molecule has 27 heavy (non-hydrogen) atoms. The van der Waals surface area contributed by atoms with Gasteiger partial charge >= 0.3 is 0 Å². The first-order chi connectivity index (χ1) is 13.3.